The maximum atomic E-state index is 11.8. The van der Waals surface area contributed by atoms with Crippen molar-refractivity contribution in [2.24, 2.45) is 5.73 Å². The number of nitrogens with one attached hydrogen (secondary N) is 2. The summed E-state index contributed by atoms with van der Waals surface area (Å²) in [6.07, 6.45) is 2.12. The second-order valence-electron chi connectivity index (χ2n) is 5.50. The average Bonchev–Trinajstić information content (AvgIpc) is 3.12. The fraction of sp³-hybridized carbons (Fsp3) is 0.429. The maximum absolute atomic E-state index is 11.8. The Morgan fingerprint density at radius 2 is 1.75 bits per heavy atom. The van der Waals surface area contributed by atoms with Crippen LogP contribution in [0.3, 0.4) is 0 Å². The zero-order chi connectivity index (χ0) is 14.0. The van der Waals surface area contributed by atoms with Crippen LogP contribution in [0, 0.1) is 0 Å². The van der Waals surface area contributed by atoms with Crippen molar-refractivity contribution in [1.82, 2.24) is 5.32 Å². The van der Waals surface area contributed by atoms with Gasteiger partial charge >= 0.3 is 0 Å². The molecule has 1 aliphatic carbocycles. The molecule has 110 valence electrons. The lowest BCUT2D eigenvalue weighted by atomic mass is 10.1. The van der Waals surface area contributed by atoms with Gasteiger partial charge < -0.3 is 16.4 Å². The minimum absolute atomic E-state index is 0. The average molecular weight is 298 g/mol. The molecule has 4 N–H and O–H groups in total. The van der Waals surface area contributed by atoms with Crippen molar-refractivity contribution in [2.45, 2.75) is 38.3 Å². The number of hydrogen-bond acceptors (Lipinski definition) is 3. The van der Waals surface area contributed by atoms with E-state index in [0.717, 1.165) is 12.8 Å². The first-order valence-corrected chi connectivity index (χ1v) is 6.37. The molecule has 0 bridgehead atoms. The first kappa shape index (κ1) is 16.5. The van der Waals surface area contributed by atoms with E-state index in [1.54, 1.807) is 38.1 Å². The molecule has 2 amide bonds. The third kappa shape index (κ3) is 4.51. The van der Waals surface area contributed by atoms with Crippen molar-refractivity contribution in [2.75, 3.05) is 5.32 Å². The predicted molar refractivity (Wildman–Crippen MR) is 81.1 cm³/mol. The van der Waals surface area contributed by atoms with Crippen molar-refractivity contribution in [1.29, 1.82) is 0 Å². The molecular weight excluding hydrogens is 278 g/mol. The van der Waals surface area contributed by atoms with Crippen molar-refractivity contribution < 1.29 is 9.59 Å². The Labute approximate surface area is 124 Å². The van der Waals surface area contributed by atoms with Gasteiger partial charge in [0.05, 0.1) is 5.54 Å². The number of carbonyl (C=O) groups is 2. The van der Waals surface area contributed by atoms with E-state index in [1.807, 2.05) is 0 Å². The number of carbonyl (C=O) groups excluding carboxylic acids is 2. The highest BCUT2D eigenvalue weighted by Gasteiger charge is 2.24. The highest BCUT2D eigenvalue weighted by Crippen LogP contribution is 2.19. The molecule has 1 saturated carbocycles. The van der Waals surface area contributed by atoms with E-state index in [0.29, 0.717) is 17.3 Å². The normalized spacial score (nSPS) is 14.2. The van der Waals surface area contributed by atoms with Crippen molar-refractivity contribution >= 4 is 29.9 Å². The molecule has 0 atom stereocenters. The van der Waals surface area contributed by atoms with Crippen LogP contribution in [0.2, 0.25) is 0 Å². The van der Waals surface area contributed by atoms with E-state index in [2.05, 4.69) is 10.6 Å². The van der Waals surface area contributed by atoms with Crippen LogP contribution in [0.15, 0.2) is 24.3 Å². The monoisotopic (exact) mass is 297 g/mol. The molecule has 2 rings (SSSR count). The van der Waals surface area contributed by atoms with Gasteiger partial charge in [0.15, 0.2) is 0 Å². The molecule has 6 heteroatoms. The molecule has 0 spiro atoms. The van der Waals surface area contributed by atoms with Gasteiger partial charge in [-0.05, 0) is 51.0 Å². The summed E-state index contributed by atoms with van der Waals surface area (Å²) in [5.74, 6) is -0.331. The quantitative estimate of drug-likeness (QED) is 0.790. The van der Waals surface area contributed by atoms with Crippen LogP contribution in [0.5, 0.6) is 0 Å². The lowest BCUT2D eigenvalue weighted by molar-refractivity contribution is -0.120. The lowest BCUT2D eigenvalue weighted by Crippen LogP contribution is -2.45. The number of nitrogens with two attached hydrogens (primary N) is 1. The SMILES string of the molecule is CC(C)(N)C(=O)Nc1ccc(C(=O)NC2CC2)cc1.Cl. The van der Waals surface area contributed by atoms with Crippen molar-refractivity contribution in [3.63, 3.8) is 0 Å². The fourth-order valence-electron chi connectivity index (χ4n) is 1.49. The Morgan fingerprint density at radius 3 is 2.20 bits per heavy atom. The van der Waals surface area contributed by atoms with Crippen LogP contribution >= 0.6 is 12.4 Å². The molecule has 0 heterocycles. The largest absolute Gasteiger partial charge is 0.349 e. The number of amides is 2. The van der Waals surface area contributed by atoms with E-state index in [-0.39, 0.29) is 24.2 Å². The zero-order valence-electron chi connectivity index (χ0n) is 11.6. The molecule has 1 fully saturated rings. The van der Waals surface area contributed by atoms with Gasteiger partial charge in [0.2, 0.25) is 5.91 Å². The summed E-state index contributed by atoms with van der Waals surface area (Å²) < 4.78 is 0. The Balaban J connectivity index is 0.00000200. The summed E-state index contributed by atoms with van der Waals surface area (Å²) in [7, 11) is 0. The van der Waals surface area contributed by atoms with E-state index in [1.165, 1.54) is 0 Å². The van der Waals surface area contributed by atoms with Gasteiger partial charge in [0.25, 0.3) is 5.91 Å². The van der Waals surface area contributed by atoms with Crippen LogP contribution in [0.1, 0.15) is 37.0 Å². The van der Waals surface area contributed by atoms with Crippen LogP contribution in [-0.2, 0) is 4.79 Å². The molecule has 0 aromatic heterocycles. The smallest absolute Gasteiger partial charge is 0.251 e. The minimum Gasteiger partial charge on any atom is -0.349 e. The first-order chi connectivity index (χ1) is 8.86. The second-order valence-corrected chi connectivity index (χ2v) is 5.50. The zero-order valence-corrected chi connectivity index (χ0v) is 12.4. The van der Waals surface area contributed by atoms with Gasteiger partial charge in [-0.2, -0.15) is 0 Å². The van der Waals surface area contributed by atoms with Crippen LogP contribution < -0.4 is 16.4 Å². The van der Waals surface area contributed by atoms with Gasteiger partial charge in [0.1, 0.15) is 0 Å². The van der Waals surface area contributed by atoms with Crippen LogP contribution in [-0.4, -0.2) is 23.4 Å². The Hall–Kier alpha value is -1.59. The standard InChI is InChI=1S/C14H19N3O2.ClH/c1-14(2,15)13(19)17-11-5-3-9(4-6-11)12(18)16-10-7-8-10;/h3-6,10H,7-8,15H2,1-2H3,(H,16,18)(H,17,19);1H. The lowest BCUT2D eigenvalue weighted by Gasteiger charge is -2.17. The van der Waals surface area contributed by atoms with Crippen LogP contribution in [0.25, 0.3) is 0 Å². The van der Waals surface area contributed by atoms with Gasteiger partial charge in [-0.25, -0.2) is 0 Å². The summed E-state index contributed by atoms with van der Waals surface area (Å²) in [4.78, 5) is 23.5. The summed E-state index contributed by atoms with van der Waals surface area (Å²) in [6.45, 7) is 3.28. The predicted octanol–water partition coefficient (Wildman–Crippen LogP) is 1.68. The molecule has 0 radical (unpaired) electrons. The third-order valence-electron chi connectivity index (χ3n) is 2.90. The van der Waals surface area contributed by atoms with Crippen LogP contribution in [0.4, 0.5) is 5.69 Å². The molecule has 1 aliphatic rings. The van der Waals surface area contributed by atoms with E-state index in [9.17, 15) is 9.59 Å². The van der Waals surface area contributed by atoms with Gasteiger partial charge in [0, 0.05) is 17.3 Å². The van der Waals surface area contributed by atoms with E-state index < -0.39 is 5.54 Å². The van der Waals surface area contributed by atoms with E-state index in [4.69, 9.17) is 5.73 Å². The minimum atomic E-state index is -0.929. The number of hydrogen-bond donors (Lipinski definition) is 3. The van der Waals surface area contributed by atoms with Crippen molar-refractivity contribution in [3.8, 4) is 0 Å². The highest BCUT2D eigenvalue weighted by molar-refractivity contribution is 5.98. The molecule has 0 saturated heterocycles. The first-order valence-electron chi connectivity index (χ1n) is 6.37. The van der Waals surface area contributed by atoms with Gasteiger partial charge in [-0.15, -0.1) is 12.4 Å². The Bertz CT molecular complexity index is 490. The number of anilines is 1. The third-order valence-corrected chi connectivity index (χ3v) is 2.90. The summed E-state index contributed by atoms with van der Waals surface area (Å²) in [6, 6.07) is 7.12. The summed E-state index contributed by atoms with van der Waals surface area (Å²) in [5.41, 5.74) is 5.99. The molecule has 0 aliphatic heterocycles. The summed E-state index contributed by atoms with van der Waals surface area (Å²) in [5, 5.41) is 5.61. The Kier molecular flexibility index (Phi) is 5.14. The number of rotatable bonds is 4. The molecule has 5 nitrogen and oxygen atoms in total. The van der Waals surface area contributed by atoms with Gasteiger partial charge in [-0.1, -0.05) is 0 Å². The second kappa shape index (κ2) is 6.24. The molecule has 1 aromatic carbocycles. The maximum Gasteiger partial charge on any atom is 0.251 e. The topological polar surface area (TPSA) is 84.2 Å². The fourth-order valence-corrected chi connectivity index (χ4v) is 1.49. The highest BCUT2D eigenvalue weighted by atomic mass is 35.5. The Morgan fingerprint density at radius 1 is 1.20 bits per heavy atom. The van der Waals surface area contributed by atoms with Crippen molar-refractivity contribution in [3.05, 3.63) is 29.8 Å². The molecule has 20 heavy (non-hydrogen) atoms. The molecular formula is C14H20ClN3O2. The summed E-state index contributed by atoms with van der Waals surface area (Å²) >= 11 is 0. The molecule has 1 aromatic rings. The number of benzene rings is 1. The van der Waals surface area contributed by atoms with Gasteiger partial charge in [-0.3, -0.25) is 9.59 Å². The molecule has 0 unspecified atom stereocenters. The number of halogens is 1. The van der Waals surface area contributed by atoms with E-state index >= 15 is 0 Å².